The molecule has 1 aliphatic rings. The van der Waals surface area contributed by atoms with Crippen LogP contribution in [0.25, 0.3) is 0 Å². The zero-order valence-electron chi connectivity index (χ0n) is 13.8. The number of nitrogens with zero attached hydrogens (tertiary/aromatic N) is 6. The normalized spacial score (nSPS) is 14.9. The molecule has 1 aliphatic heterocycles. The molecule has 128 valence electrons. The molecule has 0 N–H and O–H groups in total. The maximum absolute atomic E-state index is 12.3. The molecule has 8 nitrogen and oxygen atoms in total. The first-order valence-electron chi connectivity index (χ1n) is 8.17. The molecule has 0 bridgehead atoms. The number of hydrogen-bond acceptors (Lipinski definition) is 5. The zero-order valence-corrected chi connectivity index (χ0v) is 13.8. The highest BCUT2D eigenvalue weighted by Crippen LogP contribution is 2.13. The Hall–Kier alpha value is -2.64. The van der Waals surface area contributed by atoms with Crippen molar-refractivity contribution in [3.8, 4) is 0 Å². The van der Waals surface area contributed by atoms with E-state index in [4.69, 9.17) is 0 Å². The number of amides is 1. The van der Waals surface area contributed by atoms with E-state index in [-0.39, 0.29) is 11.5 Å². The Bertz CT molecular complexity index is 731. The monoisotopic (exact) mass is 330 g/mol. The van der Waals surface area contributed by atoms with E-state index in [1.54, 1.807) is 25.5 Å². The summed E-state index contributed by atoms with van der Waals surface area (Å²) in [6.45, 7) is 3.56. The summed E-state index contributed by atoms with van der Waals surface area (Å²) in [5, 5.41) is 8.18. The highest BCUT2D eigenvalue weighted by Gasteiger charge is 2.21. The maximum Gasteiger partial charge on any atom is 0.268 e. The van der Waals surface area contributed by atoms with Crippen molar-refractivity contribution in [2.45, 2.75) is 19.4 Å². The van der Waals surface area contributed by atoms with Gasteiger partial charge in [-0.25, -0.2) is 4.68 Å². The number of anilines is 1. The molecule has 0 atom stereocenters. The van der Waals surface area contributed by atoms with Crippen LogP contribution in [-0.2, 0) is 18.4 Å². The standard InChI is InChI=1S/C16H22N6O2/c1-19-16(24)12-14(13-18-19)20-8-10-21(11-9-20)15(23)4-2-6-22-7-3-5-17-22/h3,5,7,12-13H,2,4,6,8-11H2,1H3. The van der Waals surface area contributed by atoms with Gasteiger partial charge in [-0.1, -0.05) is 0 Å². The molecule has 2 aromatic rings. The van der Waals surface area contributed by atoms with Gasteiger partial charge in [0, 0.05) is 64.7 Å². The van der Waals surface area contributed by atoms with Crippen LogP contribution in [0.3, 0.4) is 0 Å². The van der Waals surface area contributed by atoms with Crippen LogP contribution in [0.1, 0.15) is 12.8 Å². The van der Waals surface area contributed by atoms with Gasteiger partial charge in [-0.3, -0.25) is 14.3 Å². The van der Waals surface area contributed by atoms with Crippen LogP contribution in [0, 0.1) is 0 Å². The van der Waals surface area contributed by atoms with E-state index in [2.05, 4.69) is 15.1 Å². The van der Waals surface area contributed by atoms with Crippen LogP contribution in [0.15, 0.2) is 35.5 Å². The van der Waals surface area contributed by atoms with Crippen molar-refractivity contribution in [2.75, 3.05) is 31.1 Å². The van der Waals surface area contributed by atoms with E-state index in [9.17, 15) is 9.59 Å². The molecule has 0 aliphatic carbocycles. The van der Waals surface area contributed by atoms with Gasteiger partial charge < -0.3 is 9.80 Å². The Morgan fingerprint density at radius 2 is 2.00 bits per heavy atom. The molecule has 0 aromatic carbocycles. The van der Waals surface area contributed by atoms with Gasteiger partial charge in [-0.15, -0.1) is 0 Å². The van der Waals surface area contributed by atoms with Crippen molar-refractivity contribution in [1.82, 2.24) is 24.5 Å². The fraction of sp³-hybridized carbons (Fsp3) is 0.500. The number of carbonyl (C=O) groups excluding carboxylic acids is 1. The van der Waals surface area contributed by atoms with E-state index in [0.717, 1.165) is 31.7 Å². The van der Waals surface area contributed by atoms with Gasteiger partial charge in [0.1, 0.15) is 0 Å². The predicted octanol–water partition coefficient (Wildman–Crippen LogP) is 0.106. The van der Waals surface area contributed by atoms with Gasteiger partial charge >= 0.3 is 0 Å². The van der Waals surface area contributed by atoms with E-state index >= 15 is 0 Å². The average Bonchev–Trinajstić information content (AvgIpc) is 3.11. The molecule has 3 heterocycles. The molecule has 3 rings (SSSR count). The van der Waals surface area contributed by atoms with Gasteiger partial charge in [0.2, 0.25) is 5.91 Å². The molecule has 1 saturated heterocycles. The number of hydrogen-bond donors (Lipinski definition) is 0. The van der Waals surface area contributed by atoms with Crippen LogP contribution in [0.2, 0.25) is 0 Å². The molecule has 2 aromatic heterocycles. The topological polar surface area (TPSA) is 76.3 Å². The van der Waals surface area contributed by atoms with Crippen LogP contribution >= 0.6 is 0 Å². The van der Waals surface area contributed by atoms with Crippen molar-refractivity contribution >= 4 is 11.6 Å². The molecular formula is C16H22N6O2. The number of piperazine rings is 1. The molecule has 0 spiro atoms. The second-order valence-corrected chi connectivity index (χ2v) is 5.92. The summed E-state index contributed by atoms with van der Waals surface area (Å²) >= 11 is 0. The van der Waals surface area contributed by atoms with Crippen LogP contribution in [0.5, 0.6) is 0 Å². The largest absolute Gasteiger partial charge is 0.367 e. The molecule has 1 amide bonds. The van der Waals surface area contributed by atoms with Crippen molar-refractivity contribution in [2.24, 2.45) is 7.05 Å². The Labute approximate surface area is 140 Å². The van der Waals surface area contributed by atoms with E-state index in [1.807, 2.05) is 21.8 Å². The highest BCUT2D eigenvalue weighted by molar-refractivity contribution is 5.76. The summed E-state index contributed by atoms with van der Waals surface area (Å²) < 4.78 is 3.15. The zero-order chi connectivity index (χ0) is 16.9. The summed E-state index contributed by atoms with van der Waals surface area (Å²) in [5.41, 5.74) is 0.702. The highest BCUT2D eigenvalue weighted by atomic mass is 16.2. The molecule has 24 heavy (non-hydrogen) atoms. The maximum atomic E-state index is 12.3. The fourth-order valence-corrected chi connectivity index (χ4v) is 2.83. The number of carbonyl (C=O) groups is 1. The number of aromatic nitrogens is 4. The Morgan fingerprint density at radius 1 is 1.21 bits per heavy atom. The van der Waals surface area contributed by atoms with Gasteiger partial charge in [0.05, 0.1) is 11.9 Å². The van der Waals surface area contributed by atoms with Crippen molar-refractivity contribution in [3.05, 3.63) is 41.1 Å². The Balaban J connectivity index is 1.46. The third kappa shape index (κ3) is 3.81. The minimum Gasteiger partial charge on any atom is -0.367 e. The second kappa shape index (κ2) is 7.29. The molecule has 0 radical (unpaired) electrons. The lowest BCUT2D eigenvalue weighted by Crippen LogP contribution is -2.49. The lowest BCUT2D eigenvalue weighted by molar-refractivity contribution is -0.131. The quantitative estimate of drug-likeness (QED) is 0.777. The van der Waals surface area contributed by atoms with E-state index in [1.165, 1.54) is 4.68 Å². The Morgan fingerprint density at radius 3 is 2.67 bits per heavy atom. The van der Waals surface area contributed by atoms with E-state index in [0.29, 0.717) is 19.5 Å². The lowest BCUT2D eigenvalue weighted by atomic mass is 10.2. The SMILES string of the molecule is Cn1ncc(N2CCN(C(=O)CCCn3cccn3)CC2)cc1=O. The van der Waals surface area contributed by atoms with E-state index < -0.39 is 0 Å². The smallest absolute Gasteiger partial charge is 0.268 e. The summed E-state index contributed by atoms with van der Waals surface area (Å²) in [7, 11) is 1.63. The predicted molar refractivity (Wildman–Crippen MR) is 89.7 cm³/mol. The summed E-state index contributed by atoms with van der Waals surface area (Å²) in [4.78, 5) is 27.9. The molecule has 1 fully saturated rings. The van der Waals surface area contributed by atoms with Crippen molar-refractivity contribution < 1.29 is 4.79 Å². The average molecular weight is 330 g/mol. The third-order valence-electron chi connectivity index (χ3n) is 4.29. The summed E-state index contributed by atoms with van der Waals surface area (Å²) in [6, 6.07) is 3.47. The Kier molecular flexibility index (Phi) is 4.93. The molecule has 0 saturated carbocycles. The first-order chi connectivity index (χ1) is 11.6. The minimum atomic E-state index is -0.121. The minimum absolute atomic E-state index is 0.121. The van der Waals surface area contributed by atoms with Gasteiger partial charge in [-0.05, 0) is 12.5 Å². The van der Waals surface area contributed by atoms with Crippen molar-refractivity contribution in [3.63, 3.8) is 0 Å². The molecule has 8 heteroatoms. The fourth-order valence-electron chi connectivity index (χ4n) is 2.83. The molecule has 0 unspecified atom stereocenters. The number of aryl methyl sites for hydroxylation is 2. The van der Waals surface area contributed by atoms with Crippen LogP contribution < -0.4 is 10.5 Å². The molecular weight excluding hydrogens is 308 g/mol. The van der Waals surface area contributed by atoms with Gasteiger partial charge in [0.25, 0.3) is 5.56 Å². The van der Waals surface area contributed by atoms with Gasteiger partial charge in [0.15, 0.2) is 0 Å². The van der Waals surface area contributed by atoms with Gasteiger partial charge in [-0.2, -0.15) is 10.2 Å². The van der Waals surface area contributed by atoms with Crippen LogP contribution in [0.4, 0.5) is 5.69 Å². The third-order valence-corrected chi connectivity index (χ3v) is 4.29. The second-order valence-electron chi connectivity index (χ2n) is 5.92. The summed E-state index contributed by atoms with van der Waals surface area (Å²) in [5.74, 6) is 0.184. The van der Waals surface area contributed by atoms with Crippen LogP contribution in [-0.4, -0.2) is 56.5 Å². The first kappa shape index (κ1) is 16.2. The number of rotatable bonds is 5. The lowest BCUT2D eigenvalue weighted by Gasteiger charge is -2.36. The van der Waals surface area contributed by atoms with Crippen molar-refractivity contribution in [1.29, 1.82) is 0 Å². The first-order valence-corrected chi connectivity index (χ1v) is 8.17. The summed E-state index contributed by atoms with van der Waals surface area (Å²) in [6.07, 6.45) is 6.67.